The van der Waals surface area contributed by atoms with Crippen LogP contribution in [0.4, 0.5) is 0 Å². The molecule has 0 aliphatic rings. The SMILES string of the molecule is CC(=O)c1ccc(C(=O)Oc2ccc(-c3ccc(OC(=O)c4ccc(C(C)=O)cc4)cc3)cc2)cc1. The van der Waals surface area contributed by atoms with Crippen LogP contribution in [0.5, 0.6) is 11.5 Å². The van der Waals surface area contributed by atoms with Gasteiger partial charge in [0.05, 0.1) is 11.1 Å². The minimum absolute atomic E-state index is 0.0721. The molecule has 6 nitrogen and oxygen atoms in total. The number of hydrogen-bond acceptors (Lipinski definition) is 6. The van der Waals surface area contributed by atoms with Crippen LogP contribution in [0.2, 0.25) is 0 Å². The Morgan fingerprint density at radius 2 is 0.694 bits per heavy atom. The maximum Gasteiger partial charge on any atom is 0.343 e. The van der Waals surface area contributed by atoms with Gasteiger partial charge in [0.15, 0.2) is 11.6 Å². The van der Waals surface area contributed by atoms with Gasteiger partial charge in [0.1, 0.15) is 11.5 Å². The Hall–Kier alpha value is -4.84. The standard InChI is InChI=1S/C30H22O6/c1-19(31)21-3-7-25(8-4-21)29(33)35-27-15-11-23(12-16-27)24-13-17-28(18-14-24)36-30(34)26-9-5-22(6-10-26)20(2)32/h3-18H,1-2H3. The number of ether oxygens (including phenoxy) is 2. The van der Waals surface area contributed by atoms with Gasteiger partial charge in [-0.05, 0) is 73.5 Å². The fourth-order valence-electron chi connectivity index (χ4n) is 3.44. The quantitative estimate of drug-likeness (QED) is 0.179. The van der Waals surface area contributed by atoms with E-state index >= 15 is 0 Å². The Morgan fingerprint density at radius 3 is 0.972 bits per heavy atom. The molecular formula is C30H22O6. The average molecular weight is 479 g/mol. The van der Waals surface area contributed by atoms with Gasteiger partial charge >= 0.3 is 11.9 Å². The molecule has 0 aromatic heterocycles. The lowest BCUT2D eigenvalue weighted by Crippen LogP contribution is -2.09. The summed E-state index contributed by atoms with van der Waals surface area (Å²) in [5.74, 6) is -0.393. The molecule has 0 aliphatic heterocycles. The molecule has 0 saturated carbocycles. The lowest BCUT2D eigenvalue weighted by molar-refractivity contribution is 0.0725. The van der Waals surface area contributed by atoms with E-state index in [2.05, 4.69) is 0 Å². The van der Waals surface area contributed by atoms with Crippen LogP contribution in [0.25, 0.3) is 11.1 Å². The Bertz CT molecular complexity index is 1300. The van der Waals surface area contributed by atoms with E-state index in [1.54, 1.807) is 72.8 Å². The van der Waals surface area contributed by atoms with Gasteiger partial charge in [-0.3, -0.25) is 9.59 Å². The van der Waals surface area contributed by atoms with Crippen LogP contribution in [-0.4, -0.2) is 23.5 Å². The zero-order valence-corrected chi connectivity index (χ0v) is 19.7. The molecule has 0 aliphatic carbocycles. The molecule has 0 fully saturated rings. The first-order valence-corrected chi connectivity index (χ1v) is 11.2. The fraction of sp³-hybridized carbons (Fsp3) is 0.0667. The second kappa shape index (κ2) is 10.6. The first kappa shape index (κ1) is 24.3. The Kier molecular flexibility index (Phi) is 7.16. The number of esters is 2. The molecule has 0 unspecified atom stereocenters. The number of Topliss-reactive ketones (excluding diaryl/α,β-unsaturated/α-hetero) is 2. The van der Waals surface area contributed by atoms with Crippen molar-refractivity contribution in [3.8, 4) is 22.6 Å². The lowest BCUT2D eigenvalue weighted by Gasteiger charge is -2.08. The normalized spacial score (nSPS) is 10.4. The number of benzene rings is 4. The summed E-state index contributed by atoms with van der Waals surface area (Å²) < 4.78 is 10.8. The number of hydrogen-bond donors (Lipinski definition) is 0. The van der Waals surface area contributed by atoms with Crippen LogP contribution in [0.15, 0.2) is 97.1 Å². The van der Waals surface area contributed by atoms with Crippen molar-refractivity contribution in [2.24, 2.45) is 0 Å². The van der Waals surface area contributed by atoms with Crippen LogP contribution >= 0.6 is 0 Å². The van der Waals surface area contributed by atoms with Crippen LogP contribution in [0.1, 0.15) is 55.3 Å². The highest BCUT2D eigenvalue weighted by atomic mass is 16.5. The van der Waals surface area contributed by atoms with Crippen molar-refractivity contribution in [2.45, 2.75) is 13.8 Å². The Labute approximate surface area is 208 Å². The Balaban J connectivity index is 1.37. The van der Waals surface area contributed by atoms with E-state index in [0.717, 1.165) is 11.1 Å². The van der Waals surface area contributed by atoms with Crippen molar-refractivity contribution in [3.63, 3.8) is 0 Å². The highest BCUT2D eigenvalue weighted by molar-refractivity contribution is 5.97. The molecule has 4 aromatic rings. The van der Waals surface area contributed by atoms with E-state index in [0.29, 0.717) is 33.8 Å². The van der Waals surface area contributed by atoms with Gasteiger partial charge < -0.3 is 9.47 Å². The molecule has 0 amide bonds. The molecule has 0 bridgehead atoms. The smallest absolute Gasteiger partial charge is 0.343 e. The van der Waals surface area contributed by atoms with Crippen molar-refractivity contribution in [2.75, 3.05) is 0 Å². The van der Waals surface area contributed by atoms with Crippen LogP contribution in [0, 0.1) is 0 Å². The zero-order valence-electron chi connectivity index (χ0n) is 19.7. The maximum absolute atomic E-state index is 12.4. The lowest BCUT2D eigenvalue weighted by atomic mass is 10.1. The molecule has 4 aromatic carbocycles. The summed E-state index contributed by atoms with van der Waals surface area (Å²) in [6.45, 7) is 2.93. The van der Waals surface area contributed by atoms with Gasteiger partial charge in [-0.25, -0.2) is 9.59 Å². The molecule has 0 heterocycles. The average Bonchev–Trinajstić information content (AvgIpc) is 2.89. The second-order valence-electron chi connectivity index (χ2n) is 8.09. The predicted molar refractivity (Wildman–Crippen MR) is 135 cm³/mol. The van der Waals surface area contributed by atoms with Gasteiger partial charge in [-0.15, -0.1) is 0 Å². The number of ketones is 2. The van der Waals surface area contributed by atoms with Crippen molar-refractivity contribution in [1.29, 1.82) is 0 Å². The topological polar surface area (TPSA) is 86.7 Å². The minimum Gasteiger partial charge on any atom is -0.423 e. The summed E-state index contributed by atoms with van der Waals surface area (Å²) in [7, 11) is 0. The van der Waals surface area contributed by atoms with E-state index in [4.69, 9.17) is 9.47 Å². The molecule has 0 spiro atoms. The largest absolute Gasteiger partial charge is 0.423 e. The summed E-state index contributed by atoms with van der Waals surface area (Å²) in [5, 5.41) is 0. The zero-order chi connectivity index (χ0) is 25.7. The number of carbonyl (C=O) groups is 4. The first-order chi connectivity index (χ1) is 17.3. The molecule has 178 valence electrons. The Morgan fingerprint density at radius 1 is 0.417 bits per heavy atom. The van der Waals surface area contributed by atoms with Crippen molar-refractivity contribution < 1.29 is 28.7 Å². The van der Waals surface area contributed by atoms with Crippen molar-refractivity contribution in [3.05, 3.63) is 119 Å². The third-order valence-corrected chi connectivity index (χ3v) is 5.52. The molecule has 36 heavy (non-hydrogen) atoms. The summed E-state index contributed by atoms with van der Waals surface area (Å²) in [4.78, 5) is 47.5. The highest BCUT2D eigenvalue weighted by Crippen LogP contribution is 2.25. The molecule has 4 rings (SSSR count). The fourth-order valence-corrected chi connectivity index (χ4v) is 3.44. The van der Waals surface area contributed by atoms with E-state index in [9.17, 15) is 19.2 Å². The van der Waals surface area contributed by atoms with Gasteiger partial charge in [0.2, 0.25) is 0 Å². The summed E-state index contributed by atoms with van der Waals surface area (Å²) in [5.41, 5.74) is 3.53. The van der Waals surface area contributed by atoms with E-state index in [1.165, 1.54) is 13.8 Å². The third-order valence-electron chi connectivity index (χ3n) is 5.52. The van der Waals surface area contributed by atoms with Crippen molar-refractivity contribution in [1.82, 2.24) is 0 Å². The predicted octanol–water partition coefficient (Wildman–Crippen LogP) is 6.20. The molecule has 0 saturated heterocycles. The monoisotopic (exact) mass is 478 g/mol. The summed E-state index contributed by atoms with van der Waals surface area (Å²) in [6.07, 6.45) is 0. The first-order valence-electron chi connectivity index (χ1n) is 11.2. The molecular weight excluding hydrogens is 456 g/mol. The molecule has 0 atom stereocenters. The van der Waals surface area contributed by atoms with Gasteiger partial charge in [-0.1, -0.05) is 48.5 Å². The second-order valence-corrected chi connectivity index (χ2v) is 8.09. The van der Waals surface area contributed by atoms with E-state index in [1.807, 2.05) is 24.3 Å². The number of carbonyl (C=O) groups excluding carboxylic acids is 4. The molecule has 0 N–H and O–H groups in total. The third kappa shape index (κ3) is 5.80. The highest BCUT2D eigenvalue weighted by Gasteiger charge is 2.11. The summed E-state index contributed by atoms with van der Waals surface area (Å²) in [6, 6.07) is 26.6. The molecule has 6 heteroatoms. The van der Waals surface area contributed by atoms with E-state index in [-0.39, 0.29) is 11.6 Å². The summed E-state index contributed by atoms with van der Waals surface area (Å²) >= 11 is 0. The maximum atomic E-state index is 12.4. The van der Waals surface area contributed by atoms with Crippen LogP contribution in [-0.2, 0) is 0 Å². The van der Waals surface area contributed by atoms with Crippen LogP contribution < -0.4 is 9.47 Å². The van der Waals surface area contributed by atoms with Gasteiger partial charge in [0, 0.05) is 11.1 Å². The number of rotatable bonds is 7. The van der Waals surface area contributed by atoms with Gasteiger partial charge in [-0.2, -0.15) is 0 Å². The van der Waals surface area contributed by atoms with E-state index < -0.39 is 11.9 Å². The van der Waals surface area contributed by atoms with Crippen molar-refractivity contribution >= 4 is 23.5 Å². The van der Waals surface area contributed by atoms with Gasteiger partial charge in [0.25, 0.3) is 0 Å². The van der Waals surface area contributed by atoms with Crippen LogP contribution in [0.3, 0.4) is 0 Å². The molecule has 0 radical (unpaired) electrons. The minimum atomic E-state index is -0.514.